The van der Waals surface area contributed by atoms with Gasteiger partial charge >= 0.3 is 5.97 Å². The number of nitrogens with zero attached hydrogens (tertiary/aromatic N) is 1. The van der Waals surface area contributed by atoms with Gasteiger partial charge in [-0.2, -0.15) is 0 Å². The highest BCUT2D eigenvalue weighted by atomic mass is 16.6. The highest BCUT2D eigenvalue weighted by Crippen LogP contribution is 2.16. The van der Waals surface area contributed by atoms with Gasteiger partial charge in [0.05, 0.1) is 10.5 Å². The van der Waals surface area contributed by atoms with E-state index in [0.29, 0.717) is 17.2 Å². The average Bonchev–Trinajstić information content (AvgIpc) is 2.60. The van der Waals surface area contributed by atoms with E-state index in [1.165, 1.54) is 24.3 Å². The summed E-state index contributed by atoms with van der Waals surface area (Å²) < 4.78 is 4.97. The third-order valence-electron chi connectivity index (χ3n) is 3.51. The molecule has 25 heavy (non-hydrogen) atoms. The lowest BCUT2D eigenvalue weighted by Gasteiger charge is -2.08. The first-order valence-electron chi connectivity index (χ1n) is 7.68. The maximum atomic E-state index is 11.9. The van der Waals surface area contributed by atoms with Gasteiger partial charge in [-0.1, -0.05) is 26.0 Å². The third-order valence-corrected chi connectivity index (χ3v) is 3.51. The molecule has 0 aliphatic rings. The maximum absolute atomic E-state index is 11.9. The van der Waals surface area contributed by atoms with E-state index >= 15 is 0 Å². The molecular weight excluding hydrogens is 324 g/mol. The molecule has 7 nitrogen and oxygen atoms in total. The highest BCUT2D eigenvalue weighted by molar-refractivity contribution is 5.95. The van der Waals surface area contributed by atoms with Crippen molar-refractivity contribution in [3.05, 3.63) is 69.8 Å². The summed E-state index contributed by atoms with van der Waals surface area (Å²) in [6.07, 6.45) is 0. The summed E-state index contributed by atoms with van der Waals surface area (Å²) in [6.45, 7) is 3.66. The molecule has 0 aliphatic carbocycles. The number of carbonyl (C=O) groups is 2. The van der Waals surface area contributed by atoms with Crippen molar-refractivity contribution in [2.24, 2.45) is 0 Å². The van der Waals surface area contributed by atoms with Crippen LogP contribution in [0.15, 0.2) is 48.5 Å². The van der Waals surface area contributed by atoms with Gasteiger partial charge in [0.15, 0.2) is 6.61 Å². The molecule has 0 spiro atoms. The molecule has 2 rings (SSSR count). The van der Waals surface area contributed by atoms with Crippen molar-refractivity contribution in [3.63, 3.8) is 0 Å². The quantitative estimate of drug-likeness (QED) is 0.492. The van der Waals surface area contributed by atoms with Gasteiger partial charge in [-0.05, 0) is 35.7 Å². The predicted molar refractivity (Wildman–Crippen MR) is 92.5 cm³/mol. The molecule has 2 aromatic rings. The van der Waals surface area contributed by atoms with Gasteiger partial charge in [0.25, 0.3) is 11.6 Å². The van der Waals surface area contributed by atoms with Gasteiger partial charge in [-0.3, -0.25) is 14.9 Å². The molecule has 0 radical (unpaired) electrons. The Kier molecular flexibility index (Phi) is 5.84. The van der Waals surface area contributed by atoms with Crippen LogP contribution in [-0.2, 0) is 9.53 Å². The number of ether oxygens (including phenoxy) is 1. The maximum Gasteiger partial charge on any atom is 0.338 e. The van der Waals surface area contributed by atoms with E-state index in [4.69, 9.17) is 4.74 Å². The number of benzene rings is 2. The summed E-state index contributed by atoms with van der Waals surface area (Å²) in [4.78, 5) is 33.7. The van der Waals surface area contributed by atoms with Crippen molar-refractivity contribution in [1.82, 2.24) is 0 Å². The smallest absolute Gasteiger partial charge is 0.338 e. The molecule has 1 N–H and O–H groups in total. The average molecular weight is 342 g/mol. The summed E-state index contributed by atoms with van der Waals surface area (Å²) in [5.41, 5.74) is 1.78. The number of esters is 1. The fraction of sp³-hybridized carbons (Fsp3) is 0.222. The van der Waals surface area contributed by atoms with Crippen LogP contribution in [-0.4, -0.2) is 23.4 Å². The summed E-state index contributed by atoms with van der Waals surface area (Å²) in [5, 5.41) is 13.1. The summed E-state index contributed by atoms with van der Waals surface area (Å²) in [6, 6.07) is 12.4. The van der Waals surface area contributed by atoms with Crippen molar-refractivity contribution in [2.75, 3.05) is 11.9 Å². The van der Waals surface area contributed by atoms with Crippen LogP contribution in [0.1, 0.15) is 35.7 Å². The van der Waals surface area contributed by atoms with Gasteiger partial charge < -0.3 is 10.1 Å². The lowest BCUT2D eigenvalue weighted by atomic mass is 10.0. The second-order valence-electron chi connectivity index (χ2n) is 5.71. The number of rotatable bonds is 6. The number of carbonyl (C=O) groups excluding carboxylic acids is 2. The Morgan fingerprint density at radius 2 is 1.68 bits per heavy atom. The molecule has 0 aliphatic heterocycles. The fourth-order valence-corrected chi connectivity index (χ4v) is 2.08. The molecule has 0 heterocycles. The van der Waals surface area contributed by atoms with Crippen molar-refractivity contribution in [3.8, 4) is 0 Å². The predicted octanol–water partition coefficient (Wildman–Crippen LogP) is 3.51. The van der Waals surface area contributed by atoms with Gasteiger partial charge in [0.1, 0.15) is 0 Å². The van der Waals surface area contributed by atoms with Gasteiger partial charge in [-0.25, -0.2) is 4.79 Å². The van der Waals surface area contributed by atoms with E-state index in [2.05, 4.69) is 19.2 Å². The number of hydrogen-bond donors (Lipinski definition) is 1. The zero-order valence-corrected chi connectivity index (χ0v) is 13.9. The van der Waals surface area contributed by atoms with Gasteiger partial charge in [0, 0.05) is 17.8 Å². The van der Waals surface area contributed by atoms with E-state index in [1.807, 2.05) is 12.1 Å². The van der Waals surface area contributed by atoms with E-state index in [-0.39, 0.29) is 5.69 Å². The topological polar surface area (TPSA) is 98.5 Å². The zero-order chi connectivity index (χ0) is 18.4. The van der Waals surface area contributed by atoms with Crippen LogP contribution in [0.5, 0.6) is 0 Å². The SMILES string of the molecule is CC(C)c1ccc(C(=O)OCC(=O)Nc2ccc([N+](=O)[O-])cc2)cc1. The third kappa shape index (κ3) is 5.13. The van der Waals surface area contributed by atoms with Crippen LogP contribution in [0.3, 0.4) is 0 Å². The summed E-state index contributed by atoms with van der Waals surface area (Å²) in [5.74, 6) is -0.757. The number of non-ortho nitro benzene ring substituents is 1. The molecular formula is C18H18N2O5. The fourth-order valence-electron chi connectivity index (χ4n) is 2.08. The number of nitrogens with one attached hydrogen (secondary N) is 1. The number of nitro benzene ring substituents is 1. The first kappa shape index (κ1) is 18.1. The molecule has 7 heteroatoms. The van der Waals surface area contributed by atoms with Crippen LogP contribution in [0.4, 0.5) is 11.4 Å². The Morgan fingerprint density at radius 1 is 1.08 bits per heavy atom. The lowest BCUT2D eigenvalue weighted by Crippen LogP contribution is -2.20. The second kappa shape index (κ2) is 8.05. The molecule has 0 saturated heterocycles. The first-order valence-corrected chi connectivity index (χ1v) is 7.68. The minimum atomic E-state index is -0.589. The zero-order valence-electron chi connectivity index (χ0n) is 13.9. The van der Waals surface area contributed by atoms with E-state index < -0.39 is 23.4 Å². The second-order valence-corrected chi connectivity index (χ2v) is 5.71. The Morgan fingerprint density at radius 3 is 2.20 bits per heavy atom. The number of amides is 1. The van der Waals surface area contributed by atoms with Crippen molar-refractivity contribution in [1.29, 1.82) is 0 Å². The van der Waals surface area contributed by atoms with Crippen LogP contribution in [0.25, 0.3) is 0 Å². The molecule has 0 unspecified atom stereocenters. The lowest BCUT2D eigenvalue weighted by molar-refractivity contribution is -0.384. The minimum Gasteiger partial charge on any atom is -0.452 e. The van der Waals surface area contributed by atoms with Crippen molar-refractivity contribution in [2.45, 2.75) is 19.8 Å². The van der Waals surface area contributed by atoms with Crippen LogP contribution in [0, 0.1) is 10.1 Å². The van der Waals surface area contributed by atoms with Crippen LogP contribution >= 0.6 is 0 Å². The normalized spacial score (nSPS) is 10.4. The molecule has 1 amide bonds. The van der Waals surface area contributed by atoms with Gasteiger partial charge in [-0.15, -0.1) is 0 Å². The van der Waals surface area contributed by atoms with Crippen molar-refractivity contribution < 1.29 is 19.2 Å². The standard InChI is InChI=1S/C18H18N2O5/c1-12(2)13-3-5-14(6-4-13)18(22)25-11-17(21)19-15-7-9-16(10-8-15)20(23)24/h3-10,12H,11H2,1-2H3,(H,19,21). The molecule has 0 fully saturated rings. The van der Waals surface area contributed by atoms with Gasteiger partial charge in [0.2, 0.25) is 0 Å². The number of nitro groups is 1. The Hall–Kier alpha value is -3.22. The molecule has 2 aromatic carbocycles. The monoisotopic (exact) mass is 342 g/mol. The molecule has 0 bridgehead atoms. The molecule has 0 saturated carbocycles. The molecule has 0 atom stereocenters. The van der Waals surface area contributed by atoms with Crippen LogP contribution < -0.4 is 5.32 Å². The van der Waals surface area contributed by atoms with E-state index in [9.17, 15) is 19.7 Å². The Bertz CT molecular complexity index is 767. The first-order chi connectivity index (χ1) is 11.9. The summed E-state index contributed by atoms with van der Waals surface area (Å²) >= 11 is 0. The molecule has 0 aromatic heterocycles. The molecule has 130 valence electrons. The van der Waals surface area contributed by atoms with Crippen LogP contribution in [0.2, 0.25) is 0 Å². The van der Waals surface area contributed by atoms with E-state index in [0.717, 1.165) is 5.56 Å². The van der Waals surface area contributed by atoms with E-state index in [1.54, 1.807) is 12.1 Å². The minimum absolute atomic E-state index is 0.0747. The number of hydrogen-bond acceptors (Lipinski definition) is 5. The summed E-state index contributed by atoms with van der Waals surface area (Å²) in [7, 11) is 0. The van der Waals surface area contributed by atoms with Crippen molar-refractivity contribution >= 4 is 23.3 Å². The number of anilines is 1. The largest absolute Gasteiger partial charge is 0.452 e. The Balaban J connectivity index is 1.86. The highest BCUT2D eigenvalue weighted by Gasteiger charge is 2.11. The Labute approximate surface area is 144 Å².